The first-order valence-corrected chi connectivity index (χ1v) is 7.96. The van der Waals surface area contributed by atoms with Crippen LogP contribution in [0.15, 0.2) is 24.3 Å². The average molecular weight is 259 g/mol. The molecule has 0 saturated heterocycles. The van der Waals surface area contributed by atoms with Crippen molar-refractivity contribution in [3.05, 3.63) is 35.4 Å². The Morgan fingerprint density at radius 1 is 1.26 bits per heavy atom. The van der Waals surface area contributed by atoms with Gasteiger partial charge >= 0.3 is 0 Å². The van der Waals surface area contributed by atoms with Crippen molar-refractivity contribution < 1.29 is 0 Å². The van der Waals surface area contributed by atoms with Crippen molar-refractivity contribution in [2.75, 3.05) is 0 Å². The van der Waals surface area contributed by atoms with Crippen molar-refractivity contribution in [3.8, 4) is 0 Å². The van der Waals surface area contributed by atoms with Crippen molar-refractivity contribution in [3.63, 3.8) is 0 Å². The highest BCUT2D eigenvalue weighted by Gasteiger charge is 2.30. The highest BCUT2D eigenvalue weighted by molar-refractivity contribution is 5.28. The molecule has 106 valence electrons. The quantitative estimate of drug-likeness (QED) is 0.846. The van der Waals surface area contributed by atoms with Crippen LogP contribution < -0.4 is 5.73 Å². The Kier molecular flexibility index (Phi) is 5.04. The van der Waals surface area contributed by atoms with Gasteiger partial charge in [0.15, 0.2) is 0 Å². The second-order valence-corrected chi connectivity index (χ2v) is 6.58. The lowest BCUT2D eigenvalue weighted by Crippen LogP contribution is -2.35. The van der Waals surface area contributed by atoms with Gasteiger partial charge in [0.1, 0.15) is 0 Å². The van der Waals surface area contributed by atoms with Crippen molar-refractivity contribution in [1.29, 1.82) is 0 Å². The summed E-state index contributed by atoms with van der Waals surface area (Å²) >= 11 is 0. The standard InChI is InChI=1S/C18H29N/c1-4-6-14-7-5-8-16(11-14)17-12-15(13(2)3)9-10-18(17)19/h5,7-8,11,13,15,17-18H,4,6,9-10,12,19H2,1-3H3. The predicted octanol–water partition coefficient (Wildman–Crippen LogP) is 4.51. The minimum absolute atomic E-state index is 0.354. The minimum atomic E-state index is 0.354. The molecule has 1 aliphatic carbocycles. The molecule has 3 atom stereocenters. The lowest BCUT2D eigenvalue weighted by atomic mass is 9.71. The van der Waals surface area contributed by atoms with Crippen LogP contribution in [0.2, 0.25) is 0 Å². The van der Waals surface area contributed by atoms with E-state index in [9.17, 15) is 0 Å². The first-order valence-electron chi connectivity index (χ1n) is 7.96. The van der Waals surface area contributed by atoms with E-state index in [2.05, 4.69) is 45.0 Å². The minimum Gasteiger partial charge on any atom is -0.327 e. The molecule has 1 fully saturated rings. The SMILES string of the molecule is CCCc1cccc(C2CC(C(C)C)CCC2N)c1. The smallest absolute Gasteiger partial charge is 0.0108 e. The molecule has 19 heavy (non-hydrogen) atoms. The van der Waals surface area contributed by atoms with Gasteiger partial charge in [-0.3, -0.25) is 0 Å². The Labute approximate surface area is 118 Å². The summed E-state index contributed by atoms with van der Waals surface area (Å²) in [7, 11) is 0. The van der Waals surface area contributed by atoms with E-state index in [1.54, 1.807) is 0 Å². The zero-order valence-electron chi connectivity index (χ0n) is 12.7. The van der Waals surface area contributed by atoms with E-state index in [1.807, 2.05) is 0 Å². The molecule has 1 saturated carbocycles. The van der Waals surface area contributed by atoms with E-state index >= 15 is 0 Å². The normalized spacial score (nSPS) is 27.7. The summed E-state index contributed by atoms with van der Waals surface area (Å²) in [5.41, 5.74) is 9.34. The van der Waals surface area contributed by atoms with Crippen LogP contribution in [0.1, 0.15) is 63.5 Å². The Hall–Kier alpha value is -0.820. The Morgan fingerprint density at radius 3 is 2.74 bits per heavy atom. The zero-order valence-corrected chi connectivity index (χ0v) is 12.7. The topological polar surface area (TPSA) is 26.0 Å². The molecule has 0 bridgehead atoms. The van der Waals surface area contributed by atoms with Gasteiger partial charge < -0.3 is 5.73 Å². The first-order chi connectivity index (χ1) is 9.11. The van der Waals surface area contributed by atoms with Crippen molar-refractivity contribution in [2.24, 2.45) is 17.6 Å². The van der Waals surface area contributed by atoms with Crippen molar-refractivity contribution >= 4 is 0 Å². The van der Waals surface area contributed by atoms with Crippen LogP contribution in [0.3, 0.4) is 0 Å². The van der Waals surface area contributed by atoms with E-state index in [0.29, 0.717) is 12.0 Å². The van der Waals surface area contributed by atoms with Gasteiger partial charge in [-0.2, -0.15) is 0 Å². The van der Waals surface area contributed by atoms with E-state index in [4.69, 9.17) is 5.73 Å². The fourth-order valence-corrected chi connectivity index (χ4v) is 3.48. The summed E-state index contributed by atoms with van der Waals surface area (Å²) in [6.07, 6.45) is 6.17. The van der Waals surface area contributed by atoms with Gasteiger partial charge in [-0.05, 0) is 54.6 Å². The summed E-state index contributed by atoms with van der Waals surface area (Å²) in [5.74, 6) is 2.20. The Bertz CT molecular complexity index is 396. The third-order valence-corrected chi connectivity index (χ3v) is 4.80. The van der Waals surface area contributed by atoms with Gasteiger partial charge in [0.2, 0.25) is 0 Å². The summed E-state index contributed by atoms with van der Waals surface area (Å²) in [4.78, 5) is 0. The van der Waals surface area contributed by atoms with Crippen LogP contribution in [0.4, 0.5) is 0 Å². The number of hydrogen-bond donors (Lipinski definition) is 1. The molecule has 0 aromatic heterocycles. The van der Waals surface area contributed by atoms with Gasteiger partial charge in [0.05, 0.1) is 0 Å². The molecule has 0 spiro atoms. The largest absolute Gasteiger partial charge is 0.327 e. The number of hydrogen-bond acceptors (Lipinski definition) is 1. The molecule has 2 rings (SSSR count). The average Bonchev–Trinajstić information content (AvgIpc) is 2.39. The first kappa shape index (κ1) is 14.6. The third kappa shape index (κ3) is 3.60. The summed E-state index contributed by atoms with van der Waals surface area (Å²) < 4.78 is 0. The van der Waals surface area contributed by atoms with Crippen molar-refractivity contribution in [1.82, 2.24) is 0 Å². The monoisotopic (exact) mass is 259 g/mol. The lowest BCUT2D eigenvalue weighted by Gasteiger charge is -2.36. The molecule has 1 heteroatoms. The van der Waals surface area contributed by atoms with Gasteiger partial charge in [0.25, 0.3) is 0 Å². The van der Waals surface area contributed by atoms with Crippen LogP contribution >= 0.6 is 0 Å². The molecule has 0 aliphatic heterocycles. The van der Waals surface area contributed by atoms with Crippen LogP contribution in [0, 0.1) is 11.8 Å². The molecule has 2 N–H and O–H groups in total. The van der Waals surface area contributed by atoms with Gasteiger partial charge in [-0.1, -0.05) is 51.5 Å². The number of aryl methyl sites for hydroxylation is 1. The van der Waals surface area contributed by atoms with E-state index in [1.165, 1.54) is 43.2 Å². The van der Waals surface area contributed by atoms with Crippen LogP contribution in [0.25, 0.3) is 0 Å². The molecule has 1 aromatic rings. The van der Waals surface area contributed by atoms with Gasteiger partial charge in [-0.25, -0.2) is 0 Å². The fraction of sp³-hybridized carbons (Fsp3) is 0.667. The van der Waals surface area contributed by atoms with E-state index in [0.717, 1.165) is 11.8 Å². The highest BCUT2D eigenvalue weighted by Crippen LogP contribution is 2.38. The van der Waals surface area contributed by atoms with Crippen molar-refractivity contribution in [2.45, 2.75) is 64.8 Å². The lowest BCUT2D eigenvalue weighted by molar-refractivity contribution is 0.232. The second-order valence-electron chi connectivity index (χ2n) is 6.58. The highest BCUT2D eigenvalue weighted by atomic mass is 14.7. The van der Waals surface area contributed by atoms with E-state index in [-0.39, 0.29) is 0 Å². The Balaban J connectivity index is 2.16. The second kappa shape index (κ2) is 6.56. The molecule has 0 heterocycles. The van der Waals surface area contributed by atoms with Crippen LogP contribution in [-0.4, -0.2) is 6.04 Å². The summed E-state index contributed by atoms with van der Waals surface area (Å²) in [6.45, 7) is 6.95. The molecule has 0 radical (unpaired) electrons. The molecule has 1 nitrogen and oxygen atoms in total. The fourth-order valence-electron chi connectivity index (χ4n) is 3.48. The van der Waals surface area contributed by atoms with Crippen LogP contribution in [0.5, 0.6) is 0 Å². The maximum Gasteiger partial charge on any atom is 0.0108 e. The molecular formula is C18H29N. The molecule has 3 unspecified atom stereocenters. The number of benzene rings is 1. The van der Waals surface area contributed by atoms with Crippen LogP contribution in [-0.2, 0) is 6.42 Å². The Morgan fingerprint density at radius 2 is 2.05 bits per heavy atom. The molecule has 1 aliphatic rings. The molecule has 1 aromatic carbocycles. The predicted molar refractivity (Wildman–Crippen MR) is 83.3 cm³/mol. The summed E-state index contributed by atoms with van der Waals surface area (Å²) in [6, 6.07) is 9.50. The maximum atomic E-state index is 6.40. The third-order valence-electron chi connectivity index (χ3n) is 4.80. The molecule has 0 amide bonds. The zero-order chi connectivity index (χ0) is 13.8. The number of nitrogens with two attached hydrogens (primary N) is 1. The summed E-state index contributed by atoms with van der Waals surface area (Å²) in [5, 5.41) is 0. The van der Waals surface area contributed by atoms with Gasteiger partial charge in [-0.15, -0.1) is 0 Å². The van der Waals surface area contributed by atoms with E-state index < -0.39 is 0 Å². The molecular weight excluding hydrogens is 230 g/mol. The number of rotatable bonds is 4. The van der Waals surface area contributed by atoms with Gasteiger partial charge in [0, 0.05) is 6.04 Å². The maximum absolute atomic E-state index is 6.40.